The number of fused-ring (bicyclic) bond motifs is 7. The average molecular weight is 703 g/mol. The molecule has 0 spiro atoms. The fourth-order valence-corrected chi connectivity index (χ4v) is 10.8. The second-order valence-electron chi connectivity index (χ2n) is 15.5. The number of carbonyl (C=O) groups excluding carboxylic acids is 2. The number of carbonyl (C=O) groups is 2. The molecule has 3 saturated carbocycles. The van der Waals surface area contributed by atoms with Gasteiger partial charge in [0, 0.05) is 47.1 Å². The molecule has 2 amide bonds. The third kappa shape index (κ3) is 6.35. The normalized spacial score (nSPS) is 22.8. The van der Waals surface area contributed by atoms with Gasteiger partial charge < -0.3 is 19.5 Å². The number of amides is 2. The van der Waals surface area contributed by atoms with Gasteiger partial charge in [0.15, 0.2) is 0 Å². The van der Waals surface area contributed by atoms with E-state index in [4.69, 9.17) is 4.74 Å². The first kappa shape index (κ1) is 35.1. The van der Waals surface area contributed by atoms with Crippen molar-refractivity contribution in [2.45, 2.75) is 121 Å². The van der Waals surface area contributed by atoms with Gasteiger partial charge in [-0.3, -0.25) is 9.59 Å². The highest BCUT2D eigenvalue weighted by atomic mass is 32.2. The number of benzene rings is 2. The lowest BCUT2D eigenvalue weighted by molar-refractivity contribution is -0.127. The minimum absolute atomic E-state index is 0.0379. The lowest BCUT2D eigenvalue weighted by Crippen LogP contribution is -2.46. The summed E-state index contributed by atoms with van der Waals surface area (Å²) in [5.41, 5.74) is 5.27. The number of sulfonamides is 1. The van der Waals surface area contributed by atoms with Crippen molar-refractivity contribution in [3.63, 3.8) is 0 Å². The van der Waals surface area contributed by atoms with Crippen LogP contribution in [0.1, 0.15) is 124 Å². The molecule has 10 heteroatoms. The molecule has 3 atom stereocenters. The molecule has 0 radical (unpaired) electrons. The average Bonchev–Trinajstić information content (AvgIpc) is 3.44. The summed E-state index contributed by atoms with van der Waals surface area (Å²) in [6.45, 7) is 6.50. The van der Waals surface area contributed by atoms with Gasteiger partial charge in [-0.05, 0) is 99.5 Å². The van der Waals surface area contributed by atoms with Gasteiger partial charge in [-0.1, -0.05) is 58.4 Å². The molecule has 9 nitrogen and oxygen atoms in total. The van der Waals surface area contributed by atoms with Crippen molar-refractivity contribution >= 4 is 32.7 Å². The van der Waals surface area contributed by atoms with Crippen LogP contribution >= 0.6 is 0 Å². The summed E-state index contributed by atoms with van der Waals surface area (Å²) in [7, 11) is 0.0182. The van der Waals surface area contributed by atoms with Crippen molar-refractivity contribution in [1.29, 1.82) is 0 Å². The first-order chi connectivity index (χ1) is 24.1. The fourth-order valence-electron chi connectivity index (χ4n) is 9.30. The number of rotatable bonds is 12. The van der Waals surface area contributed by atoms with E-state index in [0.717, 1.165) is 91.5 Å². The zero-order chi connectivity index (χ0) is 35.2. The Morgan fingerprint density at radius 2 is 1.76 bits per heavy atom. The molecular weight excluding hydrogens is 649 g/mol. The Hall–Kier alpha value is -3.37. The van der Waals surface area contributed by atoms with Crippen LogP contribution in [-0.4, -0.2) is 68.2 Å². The predicted octanol–water partition coefficient (Wildman–Crippen LogP) is 7.09. The van der Waals surface area contributed by atoms with Crippen LogP contribution in [0.2, 0.25) is 0 Å². The third-order valence-corrected chi connectivity index (χ3v) is 14.1. The maximum Gasteiger partial charge on any atom is 0.264 e. The molecule has 0 saturated heterocycles. The highest BCUT2D eigenvalue weighted by molar-refractivity contribution is 7.90. The van der Waals surface area contributed by atoms with E-state index in [1.807, 2.05) is 18.2 Å². The molecule has 3 aliphatic carbocycles. The van der Waals surface area contributed by atoms with E-state index < -0.39 is 26.6 Å². The van der Waals surface area contributed by atoms with E-state index in [9.17, 15) is 18.0 Å². The number of ether oxygens (including phenoxy) is 1. The van der Waals surface area contributed by atoms with Crippen LogP contribution < -0.4 is 14.8 Å². The summed E-state index contributed by atoms with van der Waals surface area (Å²) in [4.78, 5) is 30.5. The van der Waals surface area contributed by atoms with Gasteiger partial charge in [-0.15, -0.1) is 0 Å². The van der Waals surface area contributed by atoms with E-state index in [1.165, 1.54) is 24.8 Å². The smallest absolute Gasteiger partial charge is 0.264 e. The van der Waals surface area contributed by atoms with Gasteiger partial charge in [-0.25, -0.2) is 13.1 Å². The van der Waals surface area contributed by atoms with Gasteiger partial charge in [0.05, 0.1) is 23.5 Å². The van der Waals surface area contributed by atoms with Crippen molar-refractivity contribution in [3.05, 3.63) is 53.1 Å². The minimum Gasteiger partial charge on any atom is -0.497 e. The van der Waals surface area contributed by atoms with Crippen LogP contribution in [0, 0.1) is 5.41 Å². The van der Waals surface area contributed by atoms with Gasteiger partial charge in [0.25, 0.3) is 5.91 Å². The summed E-state index contributed by atoms with van der Waals surface area (Å²) in [6.07, 6.45) is 11.3. The largest absolute Gasteiger partial charge is 0.497 e. The molecule has 50 heavy (non-hydrogen) atoms. The Morgan fingerprint density at radius 3 is 2.46 bits per heavy atom. The molecule has 3 aromatic rings. The Balaban J connectivity index is 1.36. The Morgan fingerprint density at radius 1 is 1.02 bits per heavy atom. The standard InChI is InChI=1S/C40H54N4O5S/c1-5-12-28(24-43(3)6-2)41-39(46)40-23-34(40)33-22-29(49-4)18-20-31(33)37-36(26-13-8-7-9-14-26)32-19-17-27(21-35(32)44(37)25-40)38(45)42-50(47,48)30-15-10-11-16-30/h17-22,26,28,30,34H,5-16,23-25H2,1-4H3,(H,41,46)(H,42,45). The molecule has 0 bridgehead atoms. The zero-order valence-corrected chi connectivity index (χ0v) is 31.0. The van der Waals surface area contributed by atoms with Gasteiger partial charge in [0.1, 0.15) is 5.75 Å². The molecule has 4 aliphatic rings. The van der Waals surface area contributed by atoms with Gasteiger partial charge >= 0.3 is 0 Å². The Labute approximate surface area is 297 Å². The van der Waals surface area contributed by atoms with E-state index in [1.54, 1.807) is 13.2 Å². The third-order valence-electron chi connectivity index (χ3n) is 12.3. The van der Waals surface area contributed by atoms with Crippen molar-refractivity contribution in [1.82, 2.24) is 19.5 Å². The molecule has 3 unspecified atom stereocenters. The molecule has 2 heterocycles. The Bertz CT molecular complexity index is 1870. The van der Waals surface area contributed by atoms with Crippen LogP contribution in [0.5, 0.6) is 5.75 Å². The second-order valence-corrected chi connectivity index (χ2v) is 17.4. The monoisotopic (exact) mass is 702 g/mol. The molecule has 270 valence electrons. The maximum atomic E-state index is 14.6. The van der Waals surface area contributed by atoms with Crippen LogP contribution in [0.15, 0.2) is 36.4 Å². The summed E-state index contributed by atoms with van der Waals surface area (Å²) in [5, 5.41) is 4.06. The van der Waals surface area contributed by atoms with Crippen molar-refractivity contribution < 1.29 is 22.7 Å². The van der Waals surface area contributed by atoms with Crippen molar-refractivity contribution in [2.24, 2.45) is 5.41 Å². The number of hydrogen-bond acceptors (Lipinski definition) is 6. The number of nitrogens with one attached hydrogen (secondary N) is 2. The van der Waals surface area contributed by atoms with Crippen LogP contribution in [0.25, 0.3) is 22.2 Å². The SMILES string of the molecule is CCCC(CN(C)CC)NC(=O)C12CC1c1cc(OC)ccc1-c1c(C3CCCCC3)c3ccc(C(=O)NS(=O)(=O)C4CCCC4)cc3n1C2. The summed E-state index contributed by atoms with van der Waals surface area (Å²) >= 11 is 0. The quantitative estimate of drug-likeness (QED) is 0.209. The van der Waals surface area contributed by atoms with E-state index >= 15 is 0 Å². The van der Waals surface area contributed by atoms with Gasteiger partial charge in [0.2, 0.25) is 15.9 Å². The summed E-state index contributed by atoms with van der Waals surface area (Å²) in [5.74, 6) is 0.675. The number of likely N-dealkylation sites (N-methyl/N-ethyl adjacent to an activating group) is 1. The summed E-state index contributed by atoms with van der Waals surface area (Å²) < 4.78 is 36.8. The fraction of sp³-hybridized carbons (Fsp3) is 0.600. The second kappa shape index (κ2) is 14.0. The highest BCUT2D eigenvalue weighted by Gasteiger charge is 2.63. The van der Waals surface area contributed by atoms with Gasteiger partial charge in [-0.2, -0.15) is 0 Å². The topological polar surface area (TPSA) is 110 Å². The first-order valence-corrected chi connectivity index (χ1v) is 20.5. The number of aromatic nitrogens is 1. The number of hydrogen-bond donors (Lipinski definition) is 2. The molecule has 1 aromatic heterocycles. The summed E-state index contributed by atoms with van der Waals surface area (Å²) in [6, 6.07) is 12.0. The van der Waals surface area contributed by atoms with Crippen molar-refractivity contribution in [3.8, 4) is 17.0 Å². The maximum absolute atomic E-state index is 14.6. The predicted molar refractivity (Wildman–Crippen MR) is 198 cm³/mol. The lowest BCUT2D eigenvalue weighted by Gasteiger charge is -2.27. The molecular formula is C40H54N4O5S. The van der Waals surface area contributed by atoms with Crippen LogP contribution in [-0.2, 0) is 21.4 Å². The number of methoxy groups -OCH3 is 1. The van der Waals surface area contributed by atoms with E-state index in [-0.39, 0.29) is 17.9 Å². The van der Waals surface area contributed by atoms with Crippen LogP contribution in [0.4, 0.5) is 0 Å². The first-order valence-electron chi connectivity index (χ1n) is 19.0. The molecule has 1 aliphatic heterocycles. The lowest BCUT2D eigenvalue weighted by atomic mass is 9.81. The highest BCUT2D eigenvalue weighted by Crippen LogP contribution is 2.65. The number of nitrogens with zero attached hydrogens (tertiary/aromatic N) is 2. The minimum atomic E-state index is -3.77. The zero-order valence-electron chi connectivity index (χ0n) is 30.2. The van der Waals surface area contributed by atoms with E-state index in [2.05, 4.69) is 52.5 Å². The molecule has 2 N–H and O–H groups in total. The molecule has 3 fully saturated rings. The Kier molecular flexibility index (Phi) is 9.80. The van der Waals surface area contributed by atoms with Crippen LogP contribution in [0.3, 0.4) is 0 Å². The molecule has 7 rings (SSSR count). The van der Waals surface area contributed by atoms with Crippen molar-refractivity contribution in [2.75, 3.05) is 27.2 Å². The molecule has 2 aromatic carbocycles. The van der Waals surface area contributed by atoms with E-state index in [0.29, 0.717) is 30.9 Å².